The summed E-state index contributed by atoms with van der Waals surface area (Å²) in [6, 6.07) is 9.46. The fraction of sp³-hybridized carbons (Fsp3) is 0.214. The first-order chi connectivity index (χ1) is 9.08. The van der Waals surface area contributed by atoms with Crippen molar-refractivity contribution in [1.82, 2.24) is 4.90 Å². The number of rotatable bonds is 3. The van der Waals surface area contributed by atoms with Crippen LogP contribution in [0.3, 0.4) is 0 Å². The van der Waals surface area contributed by atoms with Gasteiger partial charge < -0.3 is 10.2 Å². The second-order valence-corrected chi connectivity index (χ2v) is 5.22. The predicted molar refractivity (Wildman–Crippen MR) is 75.9 cm³/mol. The van der Waals surface area contributed by atoms with E-state index in [0.717, 1.165) is 4.88 Å². The Labute approximate surface area is 115 Å². The highest BCUT2D eigenvalue weighted by Crippen LogP contribution is 2.23. The van der Waals surface area contributed by atoms with Crippen LogP contribution in [0.1, 0.15) is 17.8 Å². The van der Waals surface area contributed by atoms with Gasteiger partial charge in [-0.3, -0.25) is 0 Å². The Morgan fingerprint density at radius 1 is 1.32 bits per heavy atom. The van der Waals surface area contributed by atoms with E-state index < -0.39 is 0 Å². The number of urea groups is 1. The number of nitrogens with zero attached hydrogens (tertiary/aromatic N) is 1. The lowest BCUT2D eigenvalue weighted by Crippen LogP contribution is -2.33. The van der Waals surface area contributed by atoms with Gasteiger partial charge in [0.1, 0.15) is 5.82 Å². The van der Waals surface area contributed by atoms with Gasteiger partial charge in [-0.25, -0.2) is 9.18 Å². The molecule has 0 spiro atoms. The highest BCUT2D eigenvalue weighted by molar-refractivity contribution is 7.10. The lowest BCUT2D eigenvalue weighted by atomic mass is 10.2. The van der Waals surface area contributed by atoms with Crippen molar-refractivity contribution in [2.75, 3.05) is 12.4 Å². The maximum absolute atomic E-state index is 12.8. The van der Waals surface area contributed by atoms with Gasteiger partial charge in [-0.15, -0.1) is 11.3 Å². The fourth-order valence-electron chi connectivity index (χ4n) is 1.64. The molecule has 0 aliphatic rings. The highest BCUT2D eigenvalue weighted by atomic mass is 32.1. The number of benzene rings is 1. The fourth-order valence-corrected chi connectivity index (χ4v) is 2.47. The molecule has 0 radical (unpaired) electrons. The summed E-state index contributed by atoms with van der Waals surface area (Å²) in [5.41, 5.74) is 0.580. The molecule has 0 fully saturated rings. The van der Waals surface area contributed by atoms with Crippen molar-refractivity contribution < 1.29 is 9.18 Å². The predicted octanol–water partition coefficient (Wildman–Crippen LogP) is 4.11. The molecule has 0 aliphatic carbocycles. The molecule has 3 nitrogen and oxygen atoms in total. The van der Waals surface area contributed by atoms with Crippen LogP contribution in [0.15, 0.2) is 41.8 Å². The number of amides is 2. The monoisotopic (exact) mass is 278 g/mol. The van der Waals surface area contributed by atoms with Crippen LogP contribution in [0.2, 0.25) is 0 Å². The molecule has 1 aromatic heterocycles. The molecule has 1 N–H and O–H groups in total. The Morgan fingerprint density at radius 2 is 2.00 bits per heavy atom. The number of carbonyl (C=O) groups excluding carboxylic acids is 1. The van der Waals surface area contributed by atoms with Crippen molar-refractivity contribution in [2.45, 2.75) is 13.0 Å². The van der Waals surface area contributed by atoms with Crippen molar-refractivity contribution in [1.29, 1.82) is 0 Å². The van der Waals surface area contributed by atoms with Gasteiger partial charge >= 0.3 is 6.03 Å². The molecule has 2 aromatic rings. The zero-order valence-corrected chi connectivity index (χ0v) is 11.6. The molecule has 0 saturated heterocycles. The molecular formula is C14H15FN2OS. The second kappa shape index (κ2) is 5.84. The van der Waals surface area contributed by atoms with Crippen LogP contribution in [-0.4, -0.2) is 18.0 Å². The molecule has 2 amide bonds. The van der Waals surface area contributed by atoms with Gasteiger partial charge in [-0.1, -0.05) is 6.07 Å². The van der Waals surface area contributed by atoms with Crippen LogP contribution in [-0.2, 0) is 0 Å². The summed E-state index contributed by atoms with van der Waals surface area (Å²) < 4.78 is 12.8. The molecule has 1 unspecified atom stereocenters. The number of hydrogen-bond acceptors (Lipinski definition) is 2. The molecule has 0 aliphatic heterocycles. The van der Waals surface area contributed by atoms with Crippen molar-refractivity contribution in [3.63, 3.8) is 0 Å². The standard InChI is InChI=1S/C14H15FN2OS/c1-10(13-4-3-9-19-13)17(2)14(18)16-12-7-5-11(15)6-8-12/h3-10H,1-2H3,(H,16,18). The van der Waals surface area contributed by atoms with E-state index in [1.54, 1.807) is 23.3 Å². The first-order valence-electron chi connectivity index (χ1n) is 5.90. The number of halogens is 1. The van der Waals surface area contributed by atoms with Crippen molar-refractivity contribution in [3.8, 4) is 0 Å². The van der Waals surface area contributed by atoms with E-state index in [1.165, 1.54) is 24.3 Å². The smallest absolute Gasteiger partial charge is 0.320 e. The molecule has 0 saturated carbocycles. The van der Waals surface area contributed by atoms with E-state index in [4.69, 9.17) is 0 Å². The van der Waals surface area contributed by atoms with Crippen LogP contribution < -0.4 is 5.32 Å². The quantitative estimate of drug-likeness (QED) is 0.900. The molecule has 1 heterocycles. The van der Waals surface area contributed by atoms with E-state index in [9.17, 15) is 9.18 Å². The van der Waals surface area contributed by atoms with Gasteiger partial charge in [0, 0.05) is 17.6 Å². The first-order valence-corrected chi connectivity index (χ1v) is 6.78. The summed E-state index contributed by atoms with van der Waals surface area (Å²) in [6.45, 7) is 1.97. The summed E-state index contributed by atoms with van der Waals surface area (Å²) in [5, 5.41) is 4.72. The van der Waals surface area contributed by atoms with Crippen LogP contribution in [0.25, 0.3) is 0 Å². The normalized spacial score (nSPS) is 11.9. The maximum atomic E-state index is 12.8. The van der Waals surface area contributed by atoms with Crippen molar-refractivity contribution >= 4 is 23.1 Å². The SMILES string of the molecule is CC(c1cccs1)N(C)C(=O)Nc1ccc(F)cc1. The van der Waals surface area contributed by atoms with Crippen molar-refractivity contribution in [3.05, 3.63) is 52.5 Å². The van der Waals surface area contributed by atoms with Crippen LogP contribution >= 0.6 is 11.3 Å². The molecule has 2 rings (SSSR count). The minimum atomic E-state index is -0.321. The minimum absolute atomic E-state index is 0.000415. The maximum Gasteiger partial charge on any atom is 0.322 e. The number of thiophene rings is 1. The largest absolute Gasteiger partial charge is 0.322 e. The summed E-state index contributed by atoms with van der Waals surface area (Å²) in [6.07, 6.45) is 0. The average molecular weight is 278 g/mol. The molecule has 100 valence electrons. The third kappa shape index (κ3) is 3.32. The Balaban J connectivity index is 2.01. The Kier molecular flexibility index (Phi) is 4.16. The summed E-state index contributed by atoms with van der Waals surface area (Å²) in [7, 11) is 1.74. The minimum Gasteiger partial charge on any atom is -0.320 e. The van der Waals surface area contributed by atoms with Gasteiger partial charge in [0.15, 0.2) is 0 Å². The van der Waals surface area contributed by atoms with Crippen LogP contribution in [0, 0.1) is 5.82 Å². The molecule has 5 heteroatoms. The van der Waals surface area contributed by atoms with E-state index in [-0.39, 0.29) is 17.9 Å². The van der Waals surface area contributed by atoms with Crippen molar-refractivity contribution in [2.24, 2.45) is 0 Å². The lowest BCUT2D eigenvalue weighted by molar-refractivity contribution is 0.209. The summed E-state index contributed by atoms with van der Waals surface area (Å²) in [4.78, 5) is 14.8. The molecule has 0 bridgehead atoms. The highest BCUT2D eigenvalue weighted by Gasteiger charge is 2.18. The zero-order valence-electron chi connectivity index (χ0n) is 10.8. The van der Waals surface area contributed by atoms with E-state index in [0.29, 0.717) is 5.69 Å². The molecular weight excluding hydrogens is 263 g/mol. The van der Waals surface area contributed by atoms with Gasteiger partial charge in [0.25, 0.3) is 0 Å². The van der Waals surface area contributed by atoms with Gasteiger partial charge in [-0.05, 0) is 42.6 Å². The van der Waals surface area contributed by atoms with Gasteiger partial charge in [0.05, 0.1) is 6.04 Å². The summed E-state index contributed by atoms with van der Waals surface area (Å²) >= 11 is 1.61. The van der Waals surface area contributed by atoms with E-state index in [1.807, 2.05) is 24.4 Å². The third-order valence-electron chi connectivity index (χ3n) is 2.95. The third-order valence-corrected chi connectivity index (χ3v) is 3.99. The average Bonchev–Trinajstić information content (AvgIpc) is 2.93. The first kappa shape index (κ1) is 13.5. The van der Waals surface area contributed by atoms with E-state index >= 15 is 0 Å². The Morgan fingerprint density at radius 3 is 2.58 bits per heavy atom. The molecule has 1 aromatic carbocycles. The van der Waals surface area contributed by atoms with Gasteiger partial charge in [-0.2, -0.15) is 0 Å². The lowest BCUT2D eigenvalue weighted by Gasteiger charge is -2.24. The zero-order chi connectivity index (χ0) is 13.8. The number of carbonyl (C=O) groups is 1. The molecule has 19 heavy (non-hydrogen) atoms. The van der Waals surface area contributed by atoms with E-state index in [2.05, 4.69) is 5.32 Å². The number of anilines is 1. The topological polar surface area (TPSA) is 32.3 Å². The molecule has 1 atom stereocenters. The Bertz CT molecular complexity index is 539. The number of hydrogen-bond donors (Lipinski definition) is 1. The van der Waals surface area contributed by atoms with Gasteiger partial charge in [0.2, 0.25) is 0 Å². The second-order valence-electron chi connectivity index (χ2n) is 4.24. The van der Waals surface area contributed by atoms with Crippen LogP contribution in [0.5, 0.6) is 0 Å². The Hall–Kier alpha value is -1.88. The van der Waals surface area contributed by atoms with Crippen LogP contribution in [0.4, 0.5) is 14.9 Å². The number of nitrogens with one attached hydrogen (secondary N) is 1. The summed E-state index contributed by atoms with van der Waals surface area (Å²) in [5.74, 6) is -0.321.